The first-order valence-corrected chi connectivity index (χ1v) is 8.19. The number of nitrogens with zero attached hydrogens (tertiary/aromatic N) is 1. The summed E-state index contributed by atoms with van der Waals surface area (Å²) in [6.07, 6.45) is 1.58. The van der Waals surface area contributed by atoms with Crippen molar-refractivity contribution in [3.63, 3.8) is 0 Å². The normalized spacial score (nSPS) is 13.4. The number of hydrogen-bond acceptors (Lipinski definition) is 3. The van der Waals surface area contributed by atoms with Gasteiger partial charge in [-0.25, -0.2) is 4.79 Å². The van der Waals surface area contributed by atoms with Crippen molar-refractivity contribution >= 4 is 33.5 Å². The van der Waals surface area contributed by atoms with E-state index < -0.39 is 0 Å². The average molecular weight is 374 g/mol. The molecule has 0 saturated carbocycles. The molecule has 0 saturated heterocycles. The van der Waals surface area contributed by atoms with E-state index in [0.29, 0.717) is 17.7 Å². The lowest BCUT2D eigenvalue weighted by Gasteiger charge is -2.30. The molecule has 118 valence electrons. The Balaban J connectivity index is 2.04. The summed E-state index contributed by atoms with van der Waals surface area (Å²) in [5, 5.41) is 0. The highest BCUT2D eigenvalue weighted by Crippen LogP contribution is 2.32. The van der Waals surface area contributed by atoms with Crippen LogP contribution in [0.25, 0.3) is 0 Å². The number of ether oxygens (including phenoxy) is 1. The van der Waals surface area contributed by atoms with Gasteiger partial charge in [0.25, 0.3) is 5.91 Å². The highest BCUT2D eigenvalue weighted by atomic mass is 79.9. The van der Waals surface area contributed by atoms with Crippen molar-refractivity contribution in [1.29, 1.82) is 0 Å². The Morgan fingerprint density at radius 1 is 1.09 bits per heavy atom. The lowest BCUT2D eigenvalue weighted by atomic mass is 9.95. The van der Waals surface area contributed by atoms with E-state index in [2.05, 4.69) is 15.9 Å². The number of esters is 1. The molecule has 0 spiro atoms. The van der Waals surface area contributed by atoms with Crippen molar-refractivity contribution in [2.45, 2.75) is 12.8 Å². The molecule has 2 aromatic carbocycles. The Labute approximate surface area is 143 Å². The Kier molecular flexibility index (Phi) is 4.48. The summed E-state index contributed by atoms with van der Waals surface area (Å²) >= 11 is 3.43. The molecule has 0 atom stereocenters. The second-order valence-electron chi connectivity index (χ2n) is 5.34. The minimum absolute atomic E-state index is 0.0690. The quantitative estimate of drug-likeness (QED) is 0.751. The number of methoxy groups -OCH3 is 1. The number of amides is 1. The fourth-order valence-corrected chi connectivity index (χ4v) is 3.37. The molecular formula is C18H16BrNO3. The van der Waals surface area contributed by atoms with E-state index in [1.165, 1.54) is 7.11 Å². The summed E-state index contributed by atoms with van der Waals surface area (Å²) in [5.41, 5.74) is 2.82. The largest absolute Gasteiger partial charge is 0.465 e. The molecule has 0 fully saturated rings. The number of carbonyl (C=O) groups excluding carboxylic acids is 2. The first-order chi connectivity index (χ1) is 11.1. The van der Waals surface area contributed by atoms with Gasteiger partial charge in [0, 0.05) is 16.7 Å². The van der Waals surface area contributed by atoms with Crippen LogP contribution in [0.3, 0.4) is 0 Å². The lowest BCUT2D eigenvalue weighted by molar-refractivity contribution is 0.0599. The molecular weight excluding hydrogens is 358 g/mol. The monoisotopic (exact) mass is 373 g/mol. The van der Waals surface area contributed by atoms with Crippen LogP contribution in [0.4, 0.5) is 5.69 Å². The molecule has 0 radical (unpaired) electrons. The van der Waals surface area contributed by atoms with Crippen LogP contribution >= 0.6 is 15.9 Å². The van der Waals surface area contributed by atoms with E-state index in [1.807, 2.05) is 24.3 Å². The summed E-state index contributed by atoms with van der Waals surface area (Å²) in [7, 11) is 1.37. The summed E-state index contributed by atoms with van der Waals surface area (Å²) in [6, 6.07) is 12.8. The summed E-state index contributed by atoms with van der Waals surface area (Å²) in [4.78, 5) is 26.6. The van der Waals surface area contributed by atoms with Gasteiger partial charge in [0.05, 0.1) is 18.2 Å². The molecule has 1 heterocycles. The molecule has 1 aliphatic rings. The van der Waals surface area contributed by atoms with E-state index in [0.717, 1.165) is 28.6 Å². The molecule has 1 aliphatic heterocycles. The van der Waals surface area contributed by atoms with Crippen molar-refractivity contribution in [3.05, 3.63) is 63.6 Å². The van der Waals surface area contributed by atoms with E-state index in [1.54, 1.807) is 23.1 Å². The van der Waals surface area contributed by atoms with Gasteiger partial charge in [-0.2, -0.15) is 0 Å². The Morgan fingerprint density at radius 3 is 2.57 bits per heavy atom. The number of benzene rings is 2. The molecule has 0 aliphatic carbocycles. The molecule has 5 heteroatoms. The van der Waals surface area contributed by atoms with Gasteiger partial charge in [0.1, 0.15) is 0 Å². The highest BCUT2D eigenvalue weighted by Gasteiger charge is 2.27. The van der Waals surface area contributed by atoms with Crippen molar-refractivity contribution < 1.29 is 14.3 Å². The van der Waals surface area contributed by atoms with Gasteiger partial charge in [-0.3, -0.25) is 4.79 Å². The van der Waals surface area contributed by atoms with Gasteiger partial charge in [-0.1, -0.05) is 18.2 Å². The molecule has 1 amide bonds. The molecule has 3 rings (SSSR count). The van der Waals surface area contributed by atoms with Crippen LogP contribution in [-0.4, -0.2) is 25.5 Å². The predicted octanol–water partition coefficient (Wildman–Crippen LogP) is 3.83. The van der Waals surface area contributed by atoms with E-state index in [9.17, 15) is 9.59 Å². The third-order valence-corrected chi connectivity index (χ3v) is 4.70. The molecule has 0 aromatic heterocycles. The van der Waals surface area contributed by atoms with Crippen LogP contribution < -0.4 is 4.90 Å². The third-order valence-electron chi connectivity index (χ3n) is 4.01. The number of carbonyl (C=O) groups is 2. The van der Waals surface area contributed by atoms with Gasteiger partial charge in [-0.15, -0.1) is 0 Å². The second-order valence-corrected chi connectivity index (χ2v) is 6.19. The standard InChI is InChI=1S/C18H16BrNO3/c1-23-18(22)13-7-4-10-16-12(13)8-5-11-20(16)17(21)14-6-2-3-9-15(14)19/h2-4,6-7,9-10H,5,8,11H2,1H3. The van der Waals surface area contributed by atoms with Gasteiger partial charge < -0.3 is 9.64 Å². The number of fused-ring (bicyclic) bond motifs is 1. The molecule has 0 bridgehead atoms. The summed E-state index contributed by atoms with van der Waals surface area (Å²) in [6.45, 7) is 0.637. The SMILES string of the molecule is COC(=O)c1cccc2c1CCCN2C(=O)c1ccccc1Br. The summed E-state index contributed by atoms with van der Waals surface area (Å²) < 4.78 is 5.62. The maximum absolute atomic E-state index is 12.9. The van der Waals surface area contributed by atoms with Crippen molar-refractivity contribution in [1.82, 2.24) is 0 Å². The van der Waals surface area contributed by atoms with E-state index in [4.69, 9.17) is 4.74 Å². The maximum atomic E-state index is 12.9. The molecule has 4 nitrogen and oxygen atoms in total. The lowest BCUT2D eigenvalue weighted by Crippen LogP contribution is -2.36. The molecule has 0 N–H and O–H groups in total. The number of hydrogen-bond donors (Lipinski definition) is 0. The Hall–Kier alpha value is -2.14. The Morgan fingerprint density at radius 2 is 1.83 bits per heavy atom. The maximum Gasteiger partial charge on any atom is 0.338 e. The zero-order valence-corrected chi connectivity index (χ0v) is 14.3. The van der Waals surface area contributed by atoms with Crippen molar-refractivity contribution in [2.24, 2.45) is 0 Å². The van der Waals surface area contributed by atoms with Gasteiger partial charge in [-0.05, 0) is 58.6 Å². The Bertz CT molecular complexity index is 773. The fraction of sp³-hybridized carbons (Fsp3) is 0.222. The minimum atomic E-state index is -0.364. The average Bonchev–Trinajstić information content (AvgIpc) is 2.60. The zero-order chi connectivity index (χ0) is 16.4. The van der Waals surface area contributed by atoms with Crippen LogP contribution in [0, 0.1) is 0 Å². The zero-order valence-electron chi connectivity index (χ0n) is 12.7. The topological polar surface area (TPSA) is 46.6 Å². The van der Waals surface area contributed by atoms with Crippen LogP contribution in [0.15, 0.2) is 46.9 Å². The van der Waals surface area contributed by atoms with Crippen LogP contribution in [-0.2, 0) is 11.2 Å². The minimum Gasteiger partial charge on any atom is -0.465 e. The van der Waals surface area contributed by atoms with Crippen molar-refractivity contribution in [2.75, 3.05) is 18.6 Å². The number of rotatable bonds is 2. The summed E-state index contributed by atoms with van der Waals surface area (Å²) in [5.74, 6) is -0.433. The van der Waals surface area contributed by atoms with E-state index >= 15 is 0 Å². The molecule has 2 aromatic rings. The van der Waals surface area contributed by atoms with Crippen LogP contribution in [0.1, 0.15) is 32.7 Å². The second kappa shape index (κ2) is 6.54. The van der Waals surface area contributed by atoms with Crippen molar-refractivity contribution in [3.8, 4) is 0 Å². The first kappa shape index (κ1) is 15.7. The van der Waals surface area contributed by atoms with E-state index in [-0.39, 0.29) is 11.9 Å². The van der Waals surface area contributed by atoms with Gasteiger partial charge in [0.2, 0.25) is 0 Å². The number of halogens is 1. The van der Waals surface area contributed by atoms with Crippen LogP contribution in [0.2, 0.25) is 0 Å². The predicted molar refractivity (Wildman–Crippen MR) is 91.9 cm³/mol. The van der Waals surface area contributed by atoms with Gasteiger partial charge >= 0.3 is 5.97 Å². The highest BCUT2D eigenvalue weighted by molar-refractivity contribution is 9.10. The molecule has 23 heavy (non-hydrogen) atoms. The third kappa shape index (κ3) is 2.88. The molecule has 0 unspecified atom stereocenters. The van der Waals surface area contributed by atoms with Gasteiger partial charge in [0.15, 0.2) is 0 Å². The smallest absolute Gasteiger partial charge is 0.338 e. The van der Waals surface area contributed by atoms with Crippen LogP contribution in [0.5, 0.6) is 0 Å². The fourth-order valence-electron chi connectivity index (χ4n) is 2.92. The number of anilines is 1. The first-order valence-electron chi connectivity index (χ1n) is 7.40.